The van der Waals surface area contributed by atoms with Crippen LogP contribution in [-0.2, 0) is 23.8 Å². The Hall–Kier alpha value is -4.20. The van der Waals surface area contributed by atoms with Crippen LogP contribution in [-0.4, -0.2) is 43.8 Å². The normalized spacial score (nSPS) is 14.4. The van der Waals surface area contributed by atoms with Crippen LogP contribution in [0.1, 0.15) is 55.1 Å². The average Bonchev–Trinajstić information content (AvgIpc) is 2.89. The largest absolute Gasteiger partial charge is 0.493 e. The van der Waals surface area contributed by atoms with Crippen LogP contribution in [0, 0.1) is 6.92 Å². The fourth-order valence-electron chi connectivity index (χ4n) is 3.59. The molecule has 2 aromatic rings. The van der Waals surface area contributed by atoms with Crippen LogP contribution in [0.2, 0.25) is 0 Å². The van der Waals surface area contributed by atoms with E-state index in [1.165, 1.54) is 20.1 Å². The number of methoxy groups -OCH3 is 1. The Morgan fingerprint density at radius 3 is 2.19 bits per heavy atom. The molecule has 2 aromatic carbocycles. The molecule has 0 aliphatic carbocycles. The summed E-state index contributed by atoms with van der Waals surface area (Å²) in [6.45, 7) is 12.4. The first-order valence-corrected chi connectivity index (χ1v) is 11.9. The molecule has 1 N–H and O–H groups in total. The smallest absolute Gasteiger partial charge is 0.343 e. The predicted molar refractivity (Wildman–Crippen MR) is 142 cm³/mol. The molecule has 196 valence electrons. The van der Waals surface area contributed by atoms with Gasteiger partial charge >= 0.3 is 11.9 Å². The topological polar surface area (TPSA) is 103 Å². The van der Waals surface area contributed by atoms with Gasteiger partial charge in [-0.2, -0.15) is 0 Å². The standard InChI is InChI=1S/C29H34N2O6/c1-8-24(35-7)26(37-29(34)22-15-10-9-11-16-22)25(30-6)27(32)31-20(4)28(33)36-21(5)19(3)23-17-13-12-14-18(23)2/h8-17,19-21H,6H2,1-5,7H3,(H,31,32)/b24-8+,26-25+/t19-,20+,21+/m1/s1. The van der Waals surface area contributed by atoms with Crippen molar-refractivity contribution in [1.82, 2.24) is 5.32 Å². The van der Waals surface area contributed by atoms with Gasteiger partial charge in [0.15, 0.2) is 11.5 Å². The molecule has 0 aromatic heterocycles. The highest BCUT2D eigenvalue weighted by Crippen LogP contribution is 2.25. The number of nitrogens with zero attached hydrogens (tertiary/aromatic N) is 1. The lowest BCUT2D eigenvalue weighted by atomic mass is 9.92. The van der Waals surface area contributed by atoms with Gasteiger partial charge in [0.1, 0.15) is 12.1 Å². The van der Waals surface area contributed by atoms with Crippen molar-refractivity contribution in [3.05, 3.63) is 94.6 Å². The third-order valence-corrected chi connectivity index (χ3v) is 5.88. The Morgan fingerprint density at radius 2 is 1.62 bits per heavy atom. The summed E-state index contributed by atoms with van der Waals surface area (Å²) in [5.41, 5.74) is 2.12. The fraction of sp³-hybridized carbons (Fsp3) is 0.310. The quantitative estimate of drug-likeness (QED) is 0.154. The molecule has 8 heteroatoms. The summed E-state index contributed by atoms with van der Waals surface area (Å²) in [6.07, 6.45) is 1.07. The third kappa shape index (κ3) is 7.64. The van der Waals surface area contributed by atoms with Gasteiger partial charge < -0.3 is 19.5 Å². The maximum Gasteiger partial charge on any atom is 0.343 e. The van der Waals surface area contributed by atoms with Crippen LogP contribution in [0.4, 0.5) is 0 Å². The zero-order valence-electron chi connectivity index (χ0n) is 22.1. The van der Waals surface area contributed by atoms with Crippen molar-refractivity contribution in [2.75, 3.05) is 7.11 Å². The maximum absolute atomic E-state index is 13.1. The van der Waals surface area contributed by atoms with Crippen molar-refractivity contribution >= 4 is 24.6 Å². The highest BCUT2D eigenvalue weighted by molar-refractivity contribution is 5.98. The van der Waals surface area contributed by atoms with Gasteiger partial charge in [0, 0.05) is 5.92 Å². The molecule has 0 unspecified atom stereocenters. The summed E-state index contributed by atoms with van der Waals surface area (Å²) in [5, 5.41) is 2.54. The van der Waals surface area contributed by atoms with Crippen molar-refractivity contribution in [2.45, 2.75) is 52.7 Å². The molecule has 2 rings (SSSR count). The van der Waals surface area contributed by atoms with Gasteiger partial charge in [-0.05, 0) is 63.7 Å². The second-order valence-corrected chi connectivity index (χ2v) is 8.43. The monoisotopic (exact) mass is 506 g/mol. The van der Waals surface area contributed by atoms with Crippen LogP contribution < -0.4 is 5.32 Å². The highest BCUT2D eigenvalue weighted by Gasteiger charge is 2.28. The average molecular weight is 507 g/mol. The molecule has 0 fully saturated rings. The number of ether oxygens (including phenoxy) is 3. The minimum Gasteiger partial charge on any atom is -0.493 e. The fourth-order valence-corrected chi connectivity index (χ4v) is 3.59. The zero-order valence-corrected chi connectivity index (χ0v) is 22.1. The number of allylic oxidation sites excluding steroid dienone is 1. The maximum atomic E-state index is 13.1. The molecule has 0 spiro atoms. The second-order valence-electron chi connectivity index (χ2n) is 8.43. The Kier molecular flexibility index (Phi) is 10.8. The van der Waals surface area contributed by atoms with Gasteiger partial charge in [0.2, 0.25) is 5.76 Å². The first-order chi connectivity index (χ1) is 17.6. The van der Waals surface area contributed by atoms with Gasteiger partial charge in [0.25, 0.3) is 5.91 Å². The number of aliphatic imine (C=N–C) groups is 1. The number of aryl methyl sites for hydroxylation is 1. The zero-order chi connectivity index (χ0) is 27.5. The summed E-state index contributed by atoms with van der Waals surface area (Å²) < 4.78 is 16.4. The Morgan fingerprint density at radius 1 is 1.00 bits per heavy atom. The number of carbonyl (C=O) groups excluding carboxylic acids is 3. The van der Waals surface area contributed by atoms with Crippen LogP contribution in [0.5, 0.6) is 0 Å². The Labute approximate surface area is 218 Å². The van der Waals surface area contributed by atoms with Crippen LogP contribution >= 0.6 is 0 Å². The SMILES string of the molecule is C=N/C(C(=O)N[C@@H](C)C(=O)O[C@@H](C)[C@@H](C)c1ccccc1C)=C(OC(=O)c1ccccc1)\C(=C/C)OC. The number of esters is 2. The molecule has 0 aliphatic heterocycles. The van der Waals surface area contributed by atoms with E-state index in [9.17, 15) is 14.4 Å². The third-order valence-electron chi connectivity index (χ3n) is 5.88. The first kappa shape index (κ1) is 29.0. The molecule has 3 atom stereocenters. The second kappa shape index (κ2) is 13.8. The number of benzene rings is 2. The van der Waals surface area contributed by atoms with E-state index < -0.39 is 30.0 Å². The van der Waals surface area contributed by atoms with E-state index >= 15 is 0 Å². The van der Waals surface area contributed by atoms with E-state index in [0.29, 0.717) is 0 Å². The molecule has 0 bridgehead atoms. The van der Waals surface area contributed by atoms with Gasteiger partial charge in [-0.1, -0.05) is 49.4 Å². The number of hydrogen-bond donors (Lipinski definition) is 1. The molecule has 37 heavy (non-hydrogen) atoms. The molecule has 0 aliphatic rings. The Balaban J connectivity index is 2.21. The number of nitrogens with one attached hydrogen (secondary N) is 1. The summed E-state index contributed by atoms with van der Waals surface area (Å²) in [4.78, 5) is 42.3. The van der Waals surface area contributed by atoms with Gasteiger partial charge in [-0.3, -0.25) is 9.79 Å². The molecule has 0 radical (unpaired) electrons. The lowest BCUT2D eigenvalue weighted by Gasteiger charge is -2.24. The van der Waals surface area contributed by atoms with Crippen molar-refractivity contribution in [2.24, 2.45) is 4.99 Å². The minimum absolute atomic E-state index is 0.0543. The lowest BCUT2D eigenvalue weighted by molar-refractivity contribution is -0.152. The summed E-state index contributed by atoms with van der Waals surface area (Å²) >= 11 is 0. The van der Waals surface area contributed by atoms with Crippen molar-refractivity contribution in [3.8, 4) is 0 Å². The van der Waals surface area contributed by atoms with Gasteiger partial charge in [-0.15, -0.1) is 0 Å². The van der Waals surface area contributed by atoms with E-state index in [1.807, 2.05) is 38.1 Å². The van der Waals surface area contributed by atoms with Gasteiger partial charge in [-0.25, -0.2) is 9.59 Å². The lowest BCUT2D eigenvalue weighted by Crippen LogP contribution is -2.42. The molecular formula is C29H34N2O6. The summed E-state index contributed by atoms with van der Waals surface area (Å²) in [5.74, 6) is -2.31. The van der Waals surface area contributed by atoms with E-state index in [4.69, 9.17) is 14.2 Å². The summed E-state index contributed by atoms with van der Waals surface area (Å²) in [6, 6.07) is 15.1. The van der Waals surface area contributed by atoms with Crippen molar-refractivity contribution in [3.63, 3.8) is 0 Å². The molecule has 1 amide bonds. The number of rotatable bonds is 11. The minimum atomic E-state index is -1.02. The van der Waals surface area contributed by atoms with E-state index in [0.717, 1.165) is 11.1 Å². The first-order valence-electron chi connectivity index (χ1n) is 11.9. The number of hydrogen-bond acceptors (Lipinski definition) is 7. The van der Waals surface area contributed by atoms with Crippen LogP contribution in [0.25, 0.3) is 0 Å². The van der Waals surface area contributed by atoms with Gasteiger partial charge in [0.05, 0.1) is 12.7 Å². The number of amides is 1. The van der Waals surface area contributed by atoms with Crippen LogP contribution in [0.3, 0.4) is 0 Å². The van der Waals surface area contributed by atoms with E-state index in [2.05, 4.69) is 17.0 Å². The molecular weight excluding hydrogens is 472 g/mol. The predicted octanol–water partition coefficient (Wildman–Crippen LogP) is 4.85. The highest BCUT2D eigenvalue weighted by atomic mass is 16.6. The van der Waals surface area contributed by atoms with Crippen molar-refractivity contribution < 1.29 is 28.6 Å². The van der Waals surface area contributed by atoms with Crippen molar-refractivity contribution in [1.29, 1.82) is 0 Å². The summed E-state index contributed by atoms with van der Waals surface area (Å²) in [7, 11) is 1.36. The molecule has 0 heterocycles. The Bertz CT molecular complexity index is 1190. The molecule has 0 saturated heterocycles. The van der Waals surface area contributed by atoms with E-state index in [1.54, 1.807) is 44.2 Å². The molecule has 8 nitrogen and oxygen atoms in total. The van der Waals surface area contributed by atoms with Crippen LogP contribution in [0.15, 0.2) is 82.9 Å². The molecule has 0 saturated carbocycles. The van der Waals surface area contributed by atoms with E-state index in [-0.39, 0.29) is 28.7 Å². The number of carbonyl (C=O) groups is 3.